The third-order valence-corrected chi connectivity index (χ3v) is 4.50. The maximum atomic E-state index is 5.43. The van der Waals surface area contributed by atoms with Crippen LogP contribution < -0.4 is 5.32 Å². The number of aromatic nitrogens is 2. The van der Waals surface area contributed by atoms with E-state index < -0.39 is 0 Å². The predicted octanol–water partition coefficient (Wildman–Crippen LogP) is 3.46. The van der Waals surface area contributed by atoms with Gasteiger partial charge in [0, 0.05) is 17.4 Å². The summed E-state index contributed by atoms with van der Waals surface area (Å²) in [5.41, 5.74) is 0. The van der Waals surface area contributed by atoms with Crippen molar-refractivity contribution in [1.82, 2.24) is 15.5 Å². The maximum absolute atomic E-state index is 5.43. The van der Waals surface area contributed by atoms with Crippen molar-refractivity contribution in [1.29, 1.82) is 0 Å². The highest BCUT2D eigenvalue weighted by molar-refractivity contribution is 7.99. The molecule has 108 valence electrons. The molecule has 0 bridgehead atoms. The summed E-state index contributed by atoms with van der Waals surface area (Å²) in [6.45, 7) is 4.24. The zero-order valence-electron chi connectivity index (χ0n) is 12.2. The second-order valence-corrected chi connectivity index (χ2v) is 6.05. The van der Waals surface area contributed by atoms with Gasteiger partial charge in [0.25, 0.3) is 0 Å². The number of hydrogen-bond donors (Lipinski definition) is 1. The third kappa shape index (κ3) is 4.08. The Balaban J connectivity index is 2.04. The van der Waals surface area contributed by atoms with Crippen LogP contribution >= 0.6 is 11.8 Å². The van der Waals surface area contributed by atoms with Gasteiger partial charge in [0.05, 0.1) is 5.25 Å². The Kier molecular flexibility index (Phi) is 5.61. The fourth-order valence-electron chi connectivity index (χ4n) is 1.83. The van der Waals surface area contributed by atoms with Gasteiger partial charge in [0.15, 0.2) is 5.82 Å². The molecule has 0 fully saturated rings. The van der Waals surface area contributed by atoms with Gasteiger partial charge in [-0.15, -0.1) is 11.8 Å². The molecule has 2 unspecified atom stereocenters. The van der Waals surface area contributed by atoms with E-state index >= 15 is 0 Å². The largest absolute Gasteiger partial charge is 0.338 e. The molecular weight excluding hydrogens is 270 g/mol. The molecule has 0 aliphatic rings. The number of rotatable bonds is 7. The van der Waals surface area contributed by atoms with Crippen molar-refractivity contribution in [3.8, 4) is 0 Å². The first-order valence-corrected chi connectivity index (χ1v) is 7.82. The van der Waals surface area contributed by atoms with Crippen molar-refractivity contribution in [2.45, 2.75) is 42.9 Å². The minimum Gasteiger partial charge on any atom is -0.338 e. The van der Waals surface area contributed by atoms with E-state index in [0.717, 1.165) is 24.6 Å². The first-order valence-electron chi connectivity index (χ1n) is 6.94. The number of nitrogens with zero attached hydrogens (tertiary/aromatic N) is 2. The molecule has 1 heterocycles. The molecule has 2 rings (SSSR count). The van der Waals surface area contributed by atoms with Gasteiger partial charge in [0.2, 0.25) is 5.89 Å². The molecule has 0 aliphatic heterocycles. The van der Waals surface area contributed by atoms with E-state index in [-0.39, 0.29) is 5.25 Å². The average Bonchev–Trinajstić information content (AvgIpc) is 2.94. The lowest BCUT2D eigenvalue weighted by Crippen LogP contribution is -2.24. The third-order valence-electron chi connectivity index (χ3n) is 3.13. The highest BCUT2D eigenvalue weighted by Gasteiger charge is 2.19. The molecule has 0 amide bonds. The molecule has 0 aliphatic carbocycles. The van der Waals surface area contributed by atoms with E-state index in [9.17, 15) is 0 Å². The van der Waals surface area contributed by atoms with Crippen LogP contribution in [0.15, 0.2) is 39.8 Å². The predicted molar refractivity (Wildman–Crippen MR) is 81.9 cm³/mol. The molecule has 1 aromatic heterocycles. The summed E-state index contributed by atoms with van der Waals surface area (Å²) in [7, 11) is 1.94. The van der Waals surface area contributed by atoms with Gasteiger partial charge in [0.1, 0.15) is 0 Å². The standard InChI is InChI=1S/C15H21N3OS/c1-4-13(20-12-8-6-5-7-9-12)15-17-14(18-19-15)10-11(2)16-3/h5-9,11,13,16H,4,10H2,1-3H3. The van der Waals surface area contributed by atoms with Crippen molar-refractivity contribution >= 4 is 11.8 Å². The molecule has 4 nitrogen and oxygen atoms in total. The van der Waals surface area contributed by atoms with E-state index in [1.165, 1.54) is 4.90 Å². The monoisotopic (exact) mass is 291 g/mol. The Morgan fingerprint density at radius 2 is 2.05 bits per heavy atom. The van der Waals surface area contributed by atoms with E-state index in [1.54, 1.807) is 11.8 Å². The summed E-state index contributed by atoms with van der Waals surface area (Å²) < 4.78 is 5.43. The van der Waals surface area contributed by atoms with E-state index in [2.05, 4.69) is 41.4 Å². The van der Waals surface area contributed by atoms with Crippen molar-refractivity contribution in [3.63, 3.8) is 0 Å². The Morgan fingerprint density at radius 1 is 1.30 bits per heavy atom. The molecule has 2 aromatic rings. The number of benzene rings is 1. The normalized spacial score (nSPS) is 14.2. The second-order valence-electron chi connectivity index (χ2n) is 4.77. The van der Waals surface area contributed by atoms with Gasteiger partial charge in [-0.25, -0.2) is 0 Å². The van der Waals surface area contributed by atoms with Gasteiger partial charge < -0.3 is 9.84 Å². The zero-order chi connectivity index (χ0) is 14.4. The van der Waals surface area contributed by atoms with Gasteiger partial charge in [-0.3, -0.25) is 0 Å². The average molecular weight is 291 g/mol. The van der Waals surface area contributed by atoms with Crippen LogP contribution in [0.5, 0.6) is 0 Å². The Bertz CT molecular complexity index is 515. The van der Waals surface area contributed by atoms with Crippen LogP contribution in [-0.2, 0) is 6.42 Å². The van der Waals surface area contributed by atoms with E-state index in [0.29, 0.717) is 6.04 Å². The Hall–Kier alpha value is -1.33. The van der Waals surface area contributed by atoms with Crippen molar-refractivity contribution in [2.75, 3.05) is 7.05 Å². The lowest BCUT2D eigenvalue weighted by molar-refractivity contribution is 0.368. The molecule has 0 saturated heterocycles. The van der Waals surface area contributed by atoms with Crippen molar-refractivity contribution in [2.24, 2.45) is 0 Å². The molecular formula is C15H21N3OS. The molecule has 0 saturated carbocycles. The van der Waals surface area contributed by atoms with Crippen LogP contribution in [0.2, 0.25) is 0 Å². The van der Waals surface area contributed by atoms with Gasteiger partial charge in [-0.05, 0) is 32.5 Å². The van der Waals surface area contributed by atoms with Gasteiger partial charge in [-0.1, -0.05) is 30.3 Å². The van der Waals surface area contributed by atoms with Crippen LogP contribution in [0.3, 0.4) is 0 Å². The highest BCUT2D eigenvalue weighted by atomic mass is 32.2. The summed E-state index contributed by atoms with van der Waals surface area (Å²) >= 11 is 1.77. The molecule has 5 heteroatoms. The van der Waals surface area contributed by atoms with Crippen LogP contribution in [0.1, 0.15) is 37.2 Å². The number of thioether (sulfide) groups is 1. The number of likely N-dealkylation sites (N-methyl/N-ethyl adjacent to an activating group) is 1. The lowest BCUT2D eigenvalue weighted by Gasteiger charge is -2.09. The number of hydrogen-bond acceptors (Lipinski definition) is 5. The maximum Gasteiger partial charge on any atom is 0.240 e. The summed E-state index contributed by atoms with van der Waals surface area (Å²) in [6, 6.07) is 10.7. The zero-order valence-corrected chi connectivity index (χ0v) is 13.0. The lowest BCUT2D eigenvalue weighted by atomic mass is 10.2. The second kappa shape index (κ2) is 7.45. The fraction of sp³-hybridized carbons (Fsp3) is 0.467. The molecule has 0 radical (unpaired) electrons. The molecule has 1 aromatic carbocycles. The highest BCUT2D eigenvalue weighted by Crippen LogP contribution is 2.36. The fourth-order valence-corrected chi connectivity index (χ4v) is 2.83. The topological polar surface area (TPSA) is 51.0 Å². The molecule has 20 heavy (non-hydrogen) atoms. The quantitative estimate of drug-likeness (QED) is 0.792. The summed E-state index contributed by atoms with van der Waals surface area (Å²) in [4.78, 5) is 5.75. The van der Waals surface area contributed by atoms with Crippen LogP contribution in [0.4, 0.5) is 0 Å². The first kappa shape index (κ1) is 15.1. The Labute approximate surface area is 124 Å². The SMILES string of the molecule is CCC(Sc1ccccc1)c1nc(CC(C)NC)no1. The van der Waals surface area contributed by atoms with Crippen LogP contribution in [-0.4, -0.2) is 23.2 Å². The van der Waals surface area contributed by atoms with Crippen molar-refractivity contribution in [3.05, 3.63) is 42.0 Å². The van der Waals surface area contributed by atoms with Crippen LogP contribution in [0.25, 0.3) is 0 Å². The van der Waals surface area contributed by atoms with Gasteiger partial charge >= 0.3 is 0 Å². The minimum absolute atomic E-state index is 0.212. The van der Waals surface area contributed by atoms with Crippen molar-refractivity contribution < 1.29 is 4.52 Å². The minimum atomic E-state index is 0.212. The molecule has 2 atom stereocenters. The Morgan fingerprint density at radius 3 is 2.70 bits per heavy atom. The smallest absolute Gasteiger partial charge is 0.240 e. The first-order chi connectivity index (χ1) is 9.72. The number of nitrogens with one attached hydrogen (secondary N) is 1. The van der Waals surface area contributed by atoms with E-state index in [4.69, 9.17) is 4.52 Å². The van der Waals surface area contributed by atoms with E-state index in [1.807, 2.05) is 25.2 Å². The summed E-state index contributed by atoms with van der Waals surface area (Å²) in [6.07, 6.45) is 1.75. The molecule has 1 N–H and O–H groups in total. The summed E-state index contributed by atoms with van der Waals surface area (Å²) in [5.74, 6) is 1.49. The van der Waals surface area contributed by atoms with Gasteiger partial charge in [-0.2, -0.15) is 4.98 Å². The summed E-state index contributed by atoms with van der Waals surface area (Å²) in [5, 5.41) is 7.47. The molecule has 0 spiro atoms. The van der Waals surface area contributed by atoms with Crippen LogP contribution in [0, 0.1) is 0 Å².